The van der Waals surface area contributed by atoms with Gasteiger partial charge in [-0.3, -0.25) is 4.79 Å². The van der Waals surface area contributed by atoms with Crippen molar-refractivity contribution < 1.29 is 24.2 Å². The smallest absolute Gasteiger partial charge is 0.338 e. The molecule has 0 bridgehead atoms. The van der Waals surface area contributed by atoms with Crippen molar-refractivity contribution in [1.82, 2.24) is 0 Å². The Hall–Kier alpha value is -2.66. The molecule has 0 saturated heterocycles. The first-order valence-electron chi connectivity index (χ1n) is 8.72. The van der Waals surface area contributed by atoms with Crippen molar-refractivity contribution in [3.63, 3.8) is 0 Å². The Balaban J connectivity index is 1.82. The minimum atomic E-state index is -1.33. The van der Waals surface area contributed by atoms with E-state index >= 15 is 0 Å². The lowest BCUT2D eigenvalue weighted by Crippen LogP contribution is -2.37. The molecule has 0 amide bonds. The lowest BCUT2D eigenvalue weighted by atomic mass is 9.88. The summed E-state index contributed by atoms with van der Waals surface area (Å²) in [6.45, 7) is 3.91. The monoisotopic (exact) mass is 356 g/mol. The van der Waals surface area contributed by atoms with Gasteiger partial charge < -0.3 is 14.6 Å². The van der Waals surface area contributed by atoms with Gasteiger partial charge in [-0.05, 0) is 49.2 Å². The van der Waals surface area contributed by atoms with Crippen LogP contribution in [0.15, 0.2) is 54.6 Å². The first-order chi connectivity index (χ1) is 12.5. The molecule has 0 aliphatic carbocycles. The molecular formula is C21H24O5. The SMILES string of the molecule is CCC(O)(CC)C(=O)c1ccc(OCCOC(=O)c2ccccc2)cc1. The number of carbonyl (C=O) groups is 2. The molecule has 0 fully saturated rings. The second-order valence-electron chi connectivity index (χ2n) is 5.94. The minimum absolute atomic E-state index is 0.125. The fourth-order valence-electron chi connectivity index (χ4n) is 2.49. The number of rotatable bonds is 9. The molecule has 0 aromatic heterocycles. The quantitative estimate of drug-likeness (QED) is 0.422. The second-order valence-corrected chi connectivity index (χ2v) is 5.94. The van der Waals surface area contributed by atoms with Gasteiger partial charge >= 0.3 is 5.97 Å². The van der Waals surface area contributed by atoms with Crippen molar-refractivity contribution in [3.8, 4) is 5.75 Å². The highest BCUT2D eigenvalue weighted by molar-refractivity contribution is 6.02. The lowest BCUT2D eigenvalue weighted by molar-refractivity contribution is 0.0277. The summed E-state index contributed by atoms with van der Waals surface area (Å²) in [7, 11) is 0. The standard InChI is InChI=1S/C21H24O5/c1-3-21(24,4-2)19(22)16-10-12-18(13-11-16)25-14-15-26-20(23)17-8-6-5-7-9-17/h5-13,24H,3-4,14-15H2,1-2H3. The molecule has 0 saturated carbocycles. The molecule has 2 rings (SSSR count). The topological polar surface area (TPSA) is 72.8 Å². The Morgan fingerprint density at radius 3 is 2.08 bits per heavy atom. The van der Waals surface area contributed by atoms with Crippen LogP contribution in [0.25, 0.3) is 0 Å². The van der Waals surface area contributed by atoms with Crippen LogP contribution in [0.5, 0.6) is 5.75 Å². The summed E-state index contributed by atoms with van der Waals surface area (Å²) in [5, 5.41) is 10.3. The molecule has 0 atom stereocenters. The molecule has 0 aliphatic heterocycles. The molecule has 2 aromatic rings. The van der Waals surface area contributed by atoms with Crippen molar-refractivity contribution in [3.05, 3.63) is 65.7 Å². The van der Waals surface area contributed by atoms with Crippen molar-refractivity contribution in [2.45, 2.75) is 32.3 Å². The van der Waals surface area contributed by atoms with Gasteiger partial charge in [0.1, 0.15) is 24.6 Å². The van der Waals surface area contributed by atoms with E-state index in [0.29, 0.717) is 29.7 Å². The highest BCUT2D eigenvalue weighted by Gasteiger charge is 2.32. The molecule has 138 valence electrons. The van der Waals surface area contributed by atoms with Crippen LogP contribution in [-0.4, -0.2) is 35.7 Å². The minimum Gasteiger partial charge on any atom is -0.490 e. The van der Waals surface area contributed by atoms with Crippen molar-refractivity contribution in [1.29, 1.82) is 0 Å². The summed E-state index contributed by atoms with van der Waals surface area (Å²) in [4.78, 5) is 24.1. The third-order valence-corrected chi connectivity index (χ3v) is 4.30. The predicted molar refractivity (Wildman–Crippen MR) is 98.5 cm³/mol. The molecular weight excluding hydrogens is 332 g/mol. The van der Waals surface area contributed by atoms with Gasteiger partial charge in [-0.1, -0.05) is 32.0 Å². The molecule has 5 heteroatoms. The van der Waals surface area contributed by atoms with E-state index in [1.807, 2.05) is 6.07 Å². The molecule has 2 aromatic carbocycles. The van der Waals surface area contributed by atoms with E-state index in [-0.39, 0.29) is 19.0 Å². The van der Waals surface area contributed by atoms with Crippen molar-refractivity contribution >= 4 is 11.8 Å². The molecule has 26 heavy (non-hydrogen) atoms. The average Bonchev–Trinajstić information content (AvgIpc) is 2.71. The summed E-state index contributed by atoms with van der Waals surface area (Å²) in [5.41, 5.74) is -0.387. The number of hydrogen-bond acceptors (Lipinski definition) is 5. The lowest BCUT2D eigenvalue weighted by Gasteiger charge is -2.23. The molecule has 0 spiro atoms. The maximum Gasteiger partial charge on any atom is 0.338 e. The number of benzene rings is 2. The predicted octanol–water partition coefficient (Wildman–Crippen LogP) is 3.66. The van der Waals surface area contributed by atoms with E-state index < -0.39 is 11.6 Å². The van der Waals surface area contributed by atoms with Crippen LogP contribution in [0.4, 0.5) is 0 Å². The van der Waals surface area contributed by atoms with Gasteiger partial charge in [-0.15, -0.1) is 0 Å². The van der Waals surface area contributed by atoms with Gasteiger partial charge in [0, 0.05) is 5.56 Å². The van der Waals surface area contributed by atoms with E-state index in [1.165, 1.54) is 0 Å². The number of ether oxygens (including phenoxy) is 2. The number of ketones is 1. The third kappa shape index (κ3) is 4.92. The molecule has 0 aliphatic rings. The van der Waals surface area contributed by atoms with Crippen LogP contribution < -0.4 is 4.74 Å². The summed E-state index contributed by atoms with van der Waals surface area (Å²) in [6, 6.07) is 15.3. The Morgan fingerprint density at radius 1 is 0.885 bits per heavy atom. The Bertz CT molecular complexity index is 718. The molecule has 0 heterocycles. The van der Waals surface area contributed by atoms with Gasteiger partial charge in [-0.25, -0.2) is 4.79 Å². The number of hydrogen-bond donors (Lipinski definition) is 1. The first kappa shape index (κ1) is 19.7. The second kappa shape index (κ2) is 9.15. The van der Waals surface area contributed by atoms with Gasteiger partial charge in [-0.2, -0.15) is 0 Å². The first-order valence-corrected chi connectivity index (χ1v) is 8.72. The Labute approximate surface area is 153 Å². The third-order valence-electron chi connectivity index (χ3n) is 4.30. The fraction of sp³-hybridized carbons (Fsp3) is 0.333. The van der Waals surface area contributed by atoms with Crippen LogP contribution in [0.3, 0.4) is 0 Å². The van der Waals surface area contributed by atoms with Crippen LogP contribution in [0.1, 0.15) is 47.4 Å². The molecule has 5 nitrogen and oxygen atoms in total. The number of esters is 1. The summed E-state index contributed by atoms with van der Waals surface area (Å²) in [5.74, 6) is -0.117. The van der Waals surface area contributed by atoms with Gasteiger partial charge in [0.25, 0.3) is 0 Å². The van der Waals surface area contributed by atoms with Gasteiger partial charge in [0.15, 0.2) is 5.78 Å². The van der Waals surface area contributed by atoms with E-state index in [9.17, 15) is 14.7 Å². The van der Waals surface area contributed by atoms with E-state index in [1.54, 1.807) is 62.4 Å². The molecule has 0 radical (unpaired) electrons. The number of carbonyl (C=O) groups excluding carboxylic acids is 2. The Morgan fingerprint density at radius 2 is 1.50 bits per heavy atom. The van der Waals surface area contributed by atoms with Crippen LogP contribution in [0, 0.1) is 0 Å². The summed E-state index contributed by atoms with van der Waals surface area (Å²) in [6.07, 6.45) is 0.737. The normalized spacial score (nSPS) is 11.0. The molecule has 0 unspecified atom stereocenters. The number of aliphatic hydroxyl groups is 1. The number of Topliss-reactive ketones (excluding diaryl/α,β-unsaturated/α-hetero) is 1. The van der Waals surface area contributed by atoms with E-state index in [2.05, 4.69) is 0 Å². The zero-order valence-corrected chi connectivity index (χ0v) is 15.1. The summed E-state index contributed by atoms with van der Waals surface area (Å²) >= 11 is 0. The molecule has 1 N–H and O–H groups in total. The highest BCUT2D eigenvalue weighted by Crippen LogP contribution is 2.22. The largest absolute Gasteiger partial charge is 0.490 e. The average molecular weight is 356 g/mol. The van der Waals surface area contributed by atoms with Crippen LogP contribution in [0.2, 0.25) is 0 Å². The van der Waals surface area contributed by atoms with Crippen LogP contribution in [-0.2, 0) is 4.74 Å². The maximum atomic E-state index is 12.4. The van der Waals surface area contributed by atoms with E-state index in [0.717, 1.165) is 0 Å². The maximum absolute atomic E-state index is 12.4. The Kier molecular flexibility index (Phi) is 6.92. The van der Waals surface area contributed by atoms with Crippen LogP contribution >= 0.6 is 0 Å². The zero-order valence-electron chi connectivity index (χ0n) is 15.1. The van der Waals surface area contributed by atoms with E-state index in [4.69, 9.17) is 9.47 Å². The van der Waals surface area contributed by atoms with Crippen molar-refractivity contribution in [2.75, 3.05) is 13.2 Å². The van der Waals surface area contributed by atoms with Gasteiger partial charge in [0.05, 0.1) is 5.56 Å². The van der Waals surface area contributed by atoms with Crippen molar-refractivity contribution in [2.24, 2.45) is 0 Å². The fourth-order valence-corrected chi connectivity index (χ4v) is 2.49. The van der Waals surface area contributed by atoms with Gasteiger partial charge in [0.2, 0.25) is 0 Å². The summed E-state index contributed by atoms with van der Waals surface area (Å²) < 4.78 is 10.6. The highest BCUT2D eigenvalue weighted by atomic mass is 16.6. The zero-order chi connectivity index (χ0) is 19.0.